The highest BCUT2D eigenvalue weighted by atomic mass is 32.2. The van der Waals surface area contributed by atoms with E-state index in [0.29, 0.717) is 49.9 Å². The van der Waals surface area contributed by atoms with Crippen LogP contribution in [0.25, 0.3) is 11.3 Å². The maximum atomic E-state index is 12.5. The number of imidazole rings is 1. The van der Waals surface area contributed by atoms with Crippen molar-refractivity contribution in [3.8, 4) is 22.8 Å². The summed E-state index contributed by atoms with van der Waals surface area (Å²) in [7, 11) is 0.266. The Kier molecular flexibility index (Phi) is 10.4. The van der Waals surface area contributed by atoms with E-state index in [0.717, 1.165) is 16.9 Å². The van der Waals surface area contributed by atoms with Crippen LogP contribution >= 0.6 is 0 Å². The van der Waals surface area contributed by atoms with Gasteiger partial charge < -0.3 is 19.7 Å². The highest BCUT2D eigenvalue weighted by Crippen LogP contribution is 2.22. The predicted octanol–water partition coefficient (Wildman–Crippen LogP) is 4.46. The van der Waals surface area contributed by atoms with Crippen LogP contribution in [0.2, 0.25) is 0 Å². The van der Waals surface area contributed by atoms with E-state index in [4.69, 9.17) is 9.47 Å². The van der Waals surface area contributed by atoms with Crippen molar-refractivity contribution < 1.29 is 22.7 Å². The summed E-state index contributed by atoms with van der Waals surface area (Å²) in [5.41, 5.74) is 2.94. The van der Waals surface area contributed by atoms with Crippen molar-refractivity contribution in [3.63, 3.8) is 0 Å². The average Bonchev–Trinajstić information content (AvgIpc) is 3.47. The quantitative estimate of drug-likeness (QED) is 0.213. The molecule has 0 fully saturated rings. The molecule has 0 aliphatic rings. The number of nitrogens with zero attached hydrogens (tertiary/aromatic N) is 3. The van der Waals surface area contributed by atoms with Crippen LogP contribution in [0, 0.1) is 0 Å². The summed E-state index contributed by atoms with van der Waals surface area (Å²) in [6.07, 6.45) is 3.85. The molecule has 1 amide bonds. The van der Waals surface area contributed by atoms with E-state index in [1.165, 1.54) is 10.9 Å². The second-order valence-corrected chi connectivity index (χ2v) is 11.5. The number of amides is 1. The van der Waals surface area contributed by atoms with Crippen LogP contribution in [-0.4, -0.2) is 68.4 Å². The molecule has 4 rings (SSSR count). The van der Waals surface area contributed by atoms with Gasteiger partial charge in [0.05, 0.1) is 18.1 Å². The third kappa shape index (κ3) is 9.66. The fourth-order valence-corrected chi connectivity index (χ4v) is 4.94. The maximum absolute atomic E-state index is 12.5. The van der Waals surface area contributed by atoms with Crippen LogP contribution < -0.4 is 19.5 Å². The van der Waals surface area contributed by atoms with Crippen molar-refractivity contribution >= 4 is 21.7 Å². The van der Waals surface area contributed by atoms with E-state index in [1.54, 1.807) is 18.3 Å². The summed E-state index contributed by atoms with van der Waals surface area (Å²) in [6, 6.07) is 23.8. The first-order valence-corrected chi connectivity index (χ1v) is 14.9. The minimum Gasteiger partial charge on any atom is -0.494 e. The Morgan fingerprint density at radius 1 is 0.927 bits per heavy atom. The fraction of sp³-hybridized carbons (Fsp3) is 0.267. The molecule has 1 heterocycles. The first-order chi connectivity index (χ1) is 19.8. The van der Waals surface area contributed by atoms with Crippen molar-refractivity contribution in [2.75, 3.05) is 44.3 Å². The molecule has 0 unspecified atom stereocenters. The van der Waals surface area contributed by atoms with Gasteiger partial charge in [-0.3, -0.25) is 9.29 Å². The van der Waals surface area contributed by atoms with Crippen LogP contribution in [0.3, 0.4) is 0 Å². The number of ether oxygens (including phenoxy) is 2. The monoisotopic (exact) mass is 577 g/mol. The number of carbonyl (C=O) groups excluding carboxylic acids is 1. The highest BCUT2D eigenvalue weighted by molar-refractivity contribution is 7.92. The van der Waals surface area contributed by atoms with Gasteiger partial charge in [-0.1, -0.05) is 30.3 Å². The minimum absolute atomic E-state index is 0.0275. The highest BCUT2D eigenvalue weighted by Gasteiger charge is 2.11. The lowest BCUT2D eigenvalue weighted by atomic mass is 10.1. The number of carbonyl (C=O) groups is 1. The van der Waals surface area contributed by atoms with Gasteiger partial charge in [0.25, 0.3) is 0 Å². The normalized spacial score (nSPS) is 11.3. The maximum Gasteiger partial charge on any atom is 0.326 e. The van der Waals surface area contributed by atoms with Crippen LogP contribution in [0.1, 0.15) is 12.0 Å². The molecule has 11 heteroatoms. The lowest BCUT2D eigenvalue weighted by Gasteiger charge is -2.12. The summed E-state index contributed by atoms with van der Waals surface area (Å²) in [5.74, 6) is 1.51. The second-order valence-electron chi connectivity index (χ2n) is 9.65. The number of rotatable bonds is 14. The van der Waals surface area contributed by atoms with Gasteiger partial charge >= 0.3 is 6.03 Å². The van der Waals surface area contributed by atoms with Gasteiger partial charge in [-0.25, -0.2) is 18.2 Å². The number of nitrogens with one attached hydrogen (secondary N) is 2. The van der Waals surface area contributed by atoms with Crippen molar-refractivity contribution in [1.29, 1.82) is 0 Å². The number of sulfonamides is 1. The average molecular weight is 578 g/mol. The third-order valence-electron chi connectivity index (χ3n) is 6.02. The van der Waals surface area contributed by atoms with Crippen molar-refractivity contribution in [1.82, 2.24) is 19.8 Å². The van der Waals surface area contributed by atoms with Crippen LogP contribution in [-0.2, 0) is 16.6 Å². The summed E-state index contributed by atoms with van der Waals surface area (Å²) in [6.45, 7) is 1.78. The Morgan fingerprint density at radius 3 is 2.34 bits per heavy atom. The molecule has 0 saturated carbocycles. The van der Waals surface area contributed by atoms with Crippen LogP contribution in [0.4, 0.5) is 10.5 Å². The van der Waals surface area contributed by atoms with Crippen molar-refractivity contribution in [2.24, 2.45) is 0 Å². The zero-order valence-electron chi connectivity index (χ0n) is 23.2. The Hall–Kier alpha value is -4.35. The summed E-state index contributed by atoms with van der Waals surface area (Å²) >= 11 is 0. The molecule has 2 N–H and O–H groups in total. The molecular weight excluding hydrogens is 542 g/mol. The first-order valence-electron chi connectivity index (χ1n) is 13.2. The first kappa shape index (κ1) is 29.6. The van der Waals surface area contributed by atoms with Gasteiger partial charge in [0.15, 0.2) is 0 Å². The zero-order chi connectivity index (χ0) is 29.1. The van der Waals surface area contributed by atoms with E-state index in [9.17, 15) is 13.2 Å². The molecule has 0 bridgehead atoms. The topological polar surface area (TPSA) is 115 Å². The van der Waals surface area contributed by atoms with Gasteiger partial charge in [-0.15, -0.1) is 0 Å². The number of hydrogen-bond donors (Lipinski definition) is 2. The Labute approximate surface area is 241 Å². The standard InChI is InChI=1S/C30H35N5O5S/c1-34(2)18-20-41(37,38)33-26-13-9-24(10-14-26)22-40-28-15-11-25(12-16-28)29-21-35(23-32-29)30(36)31-17-6-19-39-27-7-4-3-5-8-27/h3-5,7-16,21,23,33H,6,17-20,22H2,1-2H3,(H,31,36). The van der Waals surface area contributed by atoms with E-state index in [2.05, 4.69) is 15.0 Å². The molecule has 216 valence electrons. The third-order valence-corrected chi connectivity index (χ3v) is 7.28. The smallest absolute Gasteiger partial charge is 0.326 e. The lowest BCUT2D eigenvalue weighted by Crippen LogP contribution is -2.29. The number of benzene rings is 3. The molecule has 3 aromatic carbocycles. The van der Waals surface area contributed by atoms with Gasteiger partial charge in [0.2, 0.25) is 10.0 Å². The lowest BCUT2D eigenvalue weighted by molar-refractivity contribution is 0.240. The van der Waals surface area contributed by atoms with Crippen molar-refractivity contribution in [3.05, 3.63) is 97.0 Å². The van der Waals surface area contributed by atoms with E-state index >= 15 is 0 Å². The number of para-hydroxylation sites is 1. The molecule has 10 nitrogen and oxygen atoms in total. The van der Waals surface area contributed by atoms with E-state index < -0.39 is 10.0 Å². The summed E-state index contributed by atoms with van der Waals surface area (Å²) in [5, 5.41) is 2.86. The summed E-state index contributed by atoms with van der Waals surface area (Å²) in [4.78, 5) is 18.6. The number of aromatic nitrogens is 2. The molecule has 0 radical (unpaired) electrons. The summed E-state index contributed by atoms with van der Waals surface area (Å²) < 4.78 is 39.9. The van der Waals surface area contributed by atoms with Gasteiger partial charge in [0.1, 0.15) is 24.4 Å². The van der Waals surface area contributed by atoms with Crippen molar-refractivity contribution in [2.45, 2.75) is 13.0 Å². The SMILES string of the molecule is CN(C)CCS(=O)(=O)Nc1ccc(COc2ccc(-c3cn(C(=O)NCCCOc4ccccc4)cn3)cc2)cc1. The second kappa shape index (κ2) is 14.3. The molecule has 0 atom stereocenters. The Morgan fingerprint density at radius 2 is 1.63 bits per heavy atom. The predicted molar refractivity (Wildman–Crippen MR) is 160 cm³/mol. The molecule has 0 saturated heterocycles. The largest absolute Gasteiger partial charge is 0.494 e. The van der Waals surface area contributed by atoms with E-state index in [-0.39, 0.29) is 11.8 Å². The van der Waals surface area contributed by atoms with E-state index in [1.807, 2.05) is 85.7 Å². The van der Waals surface area contributed by atoms with Gasteiger partial charge in [0, 0.05) is 30.5 Å². The fourth-order valence-electron chi connectivity index (χ4n) is 3.74. The zero-order valence-corrected chi connectivity index (χ0v) is 24.0. The van der Waals surface area contributed by atoms with Crippen LogP contribution in [0.15, 0.2) is 91.4 Å². The molecule has 0 aliphatic carbocycles. The molecule has 1 aromatic heterocycles. The molecular formula is C30H35N5O5S. The molecule has 0 spiro atoms. The number of hydrogen-bond acceptors (Lipinski definition) is 7. The molecule has 0 aliphatic heterocycles. The Bertz CT molecular complexity index is 1490. The number of anilines is 1. The molecule has 41 heavy (non-hydrogen) atoms. The van der Waals surface area contributed by atoms with Gasteiger partial charge in [-0.2, -0.15) is 0 Å². The molecule has 4 aromatic rings. The van der Waals surface area contributed by atoms with Gasteiger partial charge in [-0.05, 0) is 74.6 Å². The van der Waals surface area contributed by atoms with Crippen LogP contribution in [0.5, 0.6) is 11.5 Å². The Balaban J connectivity index is 1.20. The minimum atomic E-state index is -3.40.